The van der Waals surface area contributed by atoms with Crippen LogP contribution in [0.25, 0.3) is 0 Å². The molecule has 1 heterocycles. The van der Waals surface area contributed by atoms with Gasteiger partial charge in [-0.2, -0.15) is 0 Å². The Morgan fingerprint density at radius 1 is 1.73 bits per heavy atom. The number of carbonyl (C=O) groups excluding carboxylic acids is 1. The molecule has 1 aromatic heterocycles. The van der Waals surface area contributed by atoms with Crippen molar-refractivity contribution in [1.82, 2.24) is 0 Å². The zero-order valence-corrected chi connectivity index (χ0v) is 6.78. The first-order chi connectivity index (χ1) is 5.25. The minimum atomic E-state index is -0.591. The first-order valence-corrected chi connectivity index (χ1v) is 4.08. The minimum absolute atomic E-state index is 0.0249. The molecule has 0 aliphatic heterocycles. The lowest BCUT2D eigenvalue weighted by Crippen LogP contribution is -2.04. The highest BCUT2D eigenvalue weighted by Crippen LogP contribution is 2.13. The number of hydrogen-bond donors (Lipinski definition) is 0. The van der Waals surface area contributed by atoms with E-state index in [1.165, 1.54) is 10.8 Å². The van der Waals surface area contributed by atoms with Crippen molar-refractivity contribution in [2.45, 2.75) is 6.92 Å². The van der Waals surface area contributed by atoms with Crippen LogP contribution in [-0.4, -0.2) is 12.6 Å². The van der Waals surface area contributed by atoms with Crippen LogP contribution < -0.4 is 0 Å². The smallest absolute Gasteiger partial charge is 0.341 e. The van der Waals surface area contributed by atoms with E-state index < -0.39 is 11.8 Å². The summed E-state index contributed by atoms with van der Waals surface area (Å²) in [6.07, 6.45) is 0. The molecule has 1 aromatic rings. The van der Waals surface area contributed by atoms with E-state index in [-0.39, 0.29) is 12.2 Å². The zero-order valence-electron chi connectivity index (χ0n) is 5.96. The summed E-state index contributed by atoms with van der Waals surface area (Å²) < 4.78 is 17.2. The highest BCUT2D eigenvalue weighted by Gasteiger charge is 2.12. The normalized spacial score (nSPS) is 9.64. The van der Waals surface area contributed by atoms with Gasteiger partial charge >= 0.3 is 5.97 Å². The van der Waals surface area contributed by atoms with Gasteiger partial charge in [0.15, 0.2) is 0 Å². The summed E-state index contributed by atoms with van der Waals surface area (Å²) in [5.74, 6) is -1.10. The summed E-state index contributed by atoms with van der Waals surface area (Å²) in [7, 11) is 0. The quantitative estimate of drug-likeness (QED) is 0.641. The summed E-state index contributed by atoms with van der Waals surface area (Å²) in [4.78, 5) is 10.9. The Morgan fingerprint density at radius 3 is 2.91 bits per heavy atom. The Bertz CT molecular complexity index is 257. The fourth-order valence-electron chi connectivity index (χ4n) is 0.636. The molecular formula is C7H7FO2S. The highest BCUT2D eigenvalue weighted by atomic mass is 32.1. The molecule has 0 spiro atoms. The average molecular weight is 174 g/mol. The second kappa shape index (κ2) is 3.48. The van der Waals surface area contributed by atoms with Crippen molar-refractivity contribution in [3.05, 3.63) is 22.1 Å². The van der Waals surface area contributed by atoms with Gasteiger partial charge in [-0.1, -0.05) is 0 Å². The fraction of sp³-hybridized carbons (Fsp3) is 0.286. The summed E-state index contributed by atoms with van der Waals surface area (Å²) in [5.41, 5.74) is 0.0249. The third-order valence-electron chi connectivity index (χ3n) is 1.11. The maximum atomic E-state index is 12.6. The third-order valence-corrected chi connectivity index (χ3v) is 1.82. The third kappa shape index (κ3) is 1.77. The molecule has 0 saturated carbocycles. The van der Waals surface area contributed by atoms with E-state index in [9.17, 15) is 9.18 Å². The number of esters is 1. The monoisotopic (exact) mass is 174 g/mol. The summed E-state index contributed by atoms with van der Waals surface area (Å²) in [6, 6.07) is 0. The molecule has 2 nitrogen and oxygen atoms in total. The Kier molecular flexibility index (Phi) is 2.59. The molecule has 4 heteroatoms. The van der Waals surface area contributed by atoms with E-state index in [4.69, 9.17) is 0 Å². The van der Waals surface area contributed by atoms with Crippen molar-refractivity contribution in [3.63, 3.8) is 0 Å². The van der Waals surface area contributed by atoms with Crippen LogP contribution in [0.2, 0.25) is 0 Å². The largest absolute Gasteiger partial charge is 0.462 e. The van der Waals surface area contributed by atoms with Crippen LogP contribution in [0, 0.1) is 5.82 Å². The van der Waals surface area contributed by atoms with E-state index in [0.29, 0.717) is 0 Å². The predicted octanol–water partition coefficient (Wildman–Crippen LogP) is 2.06. The van der Waals surface area contributed by atoms with Gasteiger partial charge < -0.3 is 4.74 Å². The van der Waals surface area contributed by atoms with Crippen molar-refractivity contribution in [2.24, 2.45) is 0 Å². The average Bonchev–Trinajstić information content (AvgIpc) is 2.36. The van der Waals surface area contributed by atoms with Crippen LogP contribution in [0.5, 0.6) is 0 Å². The lowest BCUT2D eigenvalue weighted by molar-refractivity contribution is 0.0522. The van der Waals surface area contributed by atoms with Gasteiger partial charge in [0.05, 0.1) is 6.61 Å². The van der Waals surface area contributed by atoms with Gasteiger partial charge in [-0.15, -0.1) is 11.3 Å². The lowest BCUT2D eigenvalue weighted by Gasteiger charge is -1.97. The van der Waals surface area contributed by atoms with Gasteiger partial charge in [0.1, 0.15) is 11.4 Å². The standard InChI is InChI=1S/C7H7FO2S/c1-2-10-7(9)5-3-11-4-6(5)8/h3-4H,2H2,1H3. The molecule has 0 saturated heterocycles. The van der Waals surface area contributed by atoms with Gasteiger partial charge in [-0.3, -0.25) is 0 Å². The van der Waals surface area contributed by atoms with Gasteiger partial charge in [-0.25, -0.2) is 9.18 Å². The van der Waals surface area contributed by atoms with E-state index in [1.807, 2.05) is 0 Å². The minimum Gasteiger partial charge on any atom is -0.462 e. The van der Waals surface area contributed by atoms with Crippen LogP contribution in [0.15, 0.2) is 10.8 Å². The van der Waals surface area contributed by atoms with E-state index in [2.05, 4.69) is 4.74 Å². The molecule has 60 valence electrons. The van der Waals surface area contributed by atoms with Crippen molar-refractivity contribution in [1.29, 1.82) is 0 Å². The number of ether oxygens (including phenoxy) is 1. The lowest BCUT2D eigenvalue weighted by atomic mass is 10.3. The Balaban J connectivity index is 2.76. The first kappa shape index (κ1) is 8.20. The molecule has 1 rings (SSSR count). The summed E-state index contributed by atoms with van der Waals surface area (Å²) in [6.45, 7) is 1.95. The topological polar surface area (TPSA) is 26.3 Å². The second-order valence-electron chi connectivity index (χ2n) is 1.85. The Morgan fingerprint density at radius 2 is 2.45 bits per heavy atom. The van der Waals surface area contributed by atoms with Crippen LogP contribution in [0.1, 0.15) is 17.3 Å². The van der Waals surface area contributed by atoms with E-state index in [0.717, 1.165) is 11.3 Å². The van der Waals surface area contributed by atoms with Gasteiger partial charge in [0.2, 0.25) is 0 Å². The van der Waals surface area contributed by atoms with Crippen molar-refractivity contribution < 1.29 is 13.9 Å². The van der Waals surface area contributed by atoms with Crippen LogP contribution >= 0.6 is 11.3 Å². The molecule has 0 atom stereocenters. The molecule has 0 aromatic carbocycles. The van der Waals surface area contributed by atoms with Crippen molar-refractivity contribution in [3.8, 4) is 0 Å². The van der Waals surface area contributed by atoms with Crippen molar-refractivity contribution in [2.75, 3.05) is 6.61 Å². The molecular weight excluding hydrogens is 167 g/mol. The second-order valence-corrected chi connectivity index (χ2v) is 2.60. The first-order valence-electron chi connectivity index (χ1n) is 3.14. The molecule has 0 radical (unpaired) electrons. The van der Waals surface area contributed by atoms with E-state index >= 15 is 0 Å². The van der Waals surface area contributed by atoms with Crippen LogP contribution in [0.4, 0.5) is 4.39 Å². The van der Waals surface area contributed by atoms with Gasteiger partial charge in [0.25, 0.3) is 0 Å². The zero-order chi connectivity index (χ0) is 8.27. The highest BCUT2D eigenvalue weighted by molar-refractivity contribution is 7.08. The molecule has 0 fully saturated rings. The maximum Gasteiger partial charge on any atom is 0.341 e. The van der Waals surface area contributed by atoms with Gasteiger partial charge in [-0.05, 0) is 6.92 Å². The maximum absolute atomic E-state index is 12.6. The number of rotatable bonds is 2. The summed E-state index contributed by atoms with van der Waals surface area (Å²) in [5, 5.41) is 2.71. The molecule has 11 heavy (non-hydrogen) atoms. The molecule has 0 N–H and O–H groups in total. The molecule has 0 aliphatic carbocycles. The Hall–Kier alpha value is -0.900. The number of halogens is 1. The molecule has 0 amide bonds. The molecule has 0 aliphatic rings. The molecule has 0 bridgehead atoms. The van der Waals surface area contributed by atoms with Crippen LogP contribution in [-0.2, 0) is 4.74 Å². The van der Waals surface area contributed by atoms with Crippen molar-refractivity contribution >= 4 is 17.3 Å². The predicted molar refractivity (Wildman–Crippen MR) is 40.2 cm³/mol. The number of thiophene rings is 1. The van der Waals surface area contributed by atoms with E-state index in [1.54, 1.807) is 6.92 Å². The van der Waals surface area contributed by atoms with Gasteiger partial charge in [0, 0.05) is 10.8 Å². The number of hydrogen-bond acceptors (Lipinski definition) is 3. The fourth-order valence-corrected chi connectivity index (χ4v) is 1.30. The number of carbonyl (C=O) groups is 1. The molecule has 0 unspecified atom stereocenters. The SMILES string of the molecule is CCOC(=O)c1cscc1F. The Labute approximate surface area is 67.6 Å². The summed E-state index contributed by atoms with van der Waals surface area (Å²) >= 11 is 1.14. The van der Waals surface area contributed by atoms with Crippen LogP contribution in [0.3, 0.4) is 0 Å².